The normalized spacial score (nSPS) is 10.2. The zero-order valence-electron chi connectivity index (χ0n) is 14.4. The van der Waals surface area contributed by atoms with Crippen LogP contribution >= 0.6 is 0 Å². The number of methoxy groups -OCH3 is 1. The Morgan fingerprint density at radius 3 is 2.46 bits per heavy atom. The smallest absolute Gasteiger partial charge is 0.276 e. The van der Waals surface area contributed by atoms with Crippen molar-refractivity contribution in [2.75, 3.05) is 17.7 Å². The van der Waals surface area contributed by atoms with Gasteiger partial charge in [0.15, 0.2) is 5.69 Å². The fourth-order valence-electron chi connectivity index (χ4n) is 2.36. The predicted molar refractivity (Wildman–Crippen MR) is 98.7 cm³/mol. The van der Waals surface area contributed by atoms with Crippen molar-refractivity contribution >= 4 is 23.2 Å². The lowest BCUT2D eigenvalue weighted by atomic mass is 10.2. The third-order valence-corrected chi connectivity index (χ3v) is 3.72. The Hall–Kier alpha value is -3.61. The molecule has 0 fully saturated rings. The number of imidazole rings is 1. The van der Waals surface area contributed by atoms with Gasteiger partial charge in [-0.15, -0.1) is 0 Å². The molecule has 0 aliphatic rings. The number of ether oxygens (including phenoxy) is 1. The molecule has 3 aromatic rings. The Bertz CT molecular complexity index is 932. The molecule has 0 atom stereocenters. The van der Waals surface area contributed by atoms with Gasteiger partial charge in [-0.2, -0.15) is 0 Å². The molecule has 2 aromatic carbocycles. The molecule has 0 bridgehead atoms. The molecule has 2 amide bonds. The van der Waals surface area contributed by atoms with E-state index in [1.807, 2.05) is 19.1 Å². The van der Waals surface area contributed by atoms with Crippen LogP contribution in [0.15, 0.2) is 54.9 Å². The molecule has 3 rings (SSSR count). The van der Waals surface area contributed by atoms with E-state index in [4.69, 9.17) is 4.74 Å². The highest BCUT2D eigenvalue weighted by atomic mass is 16.5. The van der Waals surface area contributed by atoms with Crippen LogP contribution in [0.2, 0.25) is 0 Å². The molecule has 132 valence electrons. The zero-order valence-corrected chi connectivity index (χ0v) is 14.4. The first-order valence-corrected chi connectivity index (χ1v) is 7.93. The van der Waals surface area contributed by atoms with Crippen LogP contribution in [0.1, 0.15) is 26.5 Å². The van der Waals surface area contributed by atoms with Gasteiger partial charge in [-0.05, 0) is 31.2 Å². The van der Waals surface area contributed by atoms with Gasteiger partial charge in [0.1, 0.15) is 11.4 Å². The lowest BCUT2D eigenvalue weighted by Gasteiger charge is -2.08. The van der Waals surface area contributed by atoms with E-state index in [0.717, 1.165) is 5.56 Å². The highest BCUT2D eigenvalue weighted by molar-refractivity contribution is 6.13. The van der Waals surface area contributed by atoms with Gasteiger partial charge < -0.3 is 20.4 Å². The van der Waals surface area contributed by atoms with Gasteiger partial charge in [0, 0.05) is 17.4 Å². The Kier molecular flexibility index (Phi) is 4.98. The quantitative estimate of drug-likeness (QED) is 0.658. The SMILES string of the molecule is COc1cccc(NC(=O)c2nc[nH]c2C(=O)Nc2ccc(C)cc2)c1. The fourth-order valence-corrected chi connectivity index (χ4v) is 2.36. The topological polar surface area (TPSA) is 96.1 Å². The summed E-state index contributed by atoms with van der Waals surface area (Å²) >= 11 is 0. The Labute approximate surface area is 150 Å². The second-order valence-electron chi connectivity index (χ2n) is 5.63. The molecular weight excluding hydrogens is 332 g/mol. The summed E-state index contributed by atoms with van der Waals surface area (Å²) in [5, 5.41) is 5.44. The number of nitrogens with one attached hydrogen (secondary N) is 3. The molecule has 0 aliphatic heterocycles. The van der Waals surface area contributed by atoms with Crippen molar-refractivity contribution in [2.24, 2.45) is 0 Å². The van der Waals surface area contributed by atoms with Gasteiger partial charge in [0.2, 0.25) is 0 Å². The average Bonchev–Trinajstić information content (AvgIpc) is 3.14. The van der Waals surface area contributed by atoms with Crippen molar-refractivity contribution < 1.29 is 14.3 Å². The van der Waals surface area contributed by atoms with E-state index in [-0.39, 0.29) is 11.4 Å². The van der Waals surface area contributed by atoms with E-state index >= 15 is 0 Å². The van der Waals surface area contributed by atoms with Crippen molar-refractivity contribution in [3.63, 3.8) is 0 Å². The maximum atomic E-state index is 12.5. The van der Waals surface area contributed by atoms with Crippen molar-refractivity contribution in [3.05, 3.63) is 71.8 Å². The van der Waals surface area contributed by atoms with Crippen LogP contribution in [0.4, 0.5) is 11.4 Å². The van der Waals surface area contributed by atoms with Crippen LogP contribution in [0, 0.1) is 6.92 Å². The molecule has 7 nitrogen and oxygen atoms in total. The summed E-state index contributed by atoms with van der Waals surface area (Å²) in [7, 11) is 1.54. The van der Waals surface area contributed by atoms with Gasteiger partial charge in [-0.25, -0.2) is 4.98 Å². The van der Waals surface area contributed by atoms with Gasteiger partial charge >= 0.3 is 0 Å². The molecule has 0 saturated heterocycles. The number of amides is 2. The summed E-state index contributed by atoms with van der Waals surface area (Å²) in [6, 6.07) is 14.3. The summed E-state index contributed by atoms with van der Waals surface area (Å²) in [5.74, 6) is -0.321. The number of rotatable bonds is 5. The zero-order chi connectivity index (χ0) is 18.5. The van der Waals surface area contributed by atoms with Crippen molar-refractivity contribution in [3.8, 4) is 5.75 Å². The molecule has 0 spiro atoms. The summed E-state index contributed by atoms with van der Waals surface area (Å²) < 4.78 is 5.13. The number of nitrogens with zero attached hydrogens (tertiary/aromatic N) is 1. The highest BCUT2D eigenvalue weighted by Crippen LogP contribution is 2.18. The minimum absolute atomic E-state index is 0.0115. The van der Waals surface area contributed by atoms with Gasteiger partial charge in [0.25, 0.3) is 11.8 Å². The van der Waals surface area contributed by atoms with Crippen LogP contribution in [0.5, 0.6) is 5.75 Å². The Morgan fingerprint density at radius 1 is 1.00 bits per heavy atom. The summed E-state index contributed by atoms with van der Waals surface area (Å²) in [4.78, 5) is 31.6. The number of hydrogen-bond acceptors (Lipinski definition) is 4. The molecule has 0 aliphatic carbocycles. The molecule has 1 aromatic heterocycles. The van der Waals surface area contributed by atoms with Gasteiger partial charge in [-0.3, -0.25) is 9.59 Å². The van der Waals surface area contributed by atoms with Crippen molar-refractivity contribution in [1.29, 1.82) is 0 Å². The number of carbonyl (C=O) groups excluding carboxylic acids is 2. The molecule has 1 heterocycles. The van der Waals surface area contributed by atoms with Crippen LogP contribution < -0.4 is 15.4 Å². The minimum Gasteiger partial charge on any atom is -0.497 e. The number of benzene rings is 2. The molecule has 0 radical (unpaired) electrons. The maximum Gasteiger partial charge on any atom is 0.276 e. The number of aromatic nitrogens is 2. The molecule has 3 N–H and O–H groups in total. The second-order valence-corrected chi connectivity index (χ2v) is 5.63. The van der Waals surface area contributed by atoms with E-state index in [1.54, 1.807) is 43.5 Å². The lowest BCUT2D eigenvalue weighted by molar-refractivity contribution is 0.0985. The second kappa shape index (κ2) is 7.52. The lowest BCUT2D eigenvalue weighted by Crippen LogP contribution is -2.20. The fraction of sp³-hybridized carbons (Fsp3) is 0.105. The first-order chi connectivity index (χ1) is 12.6. The molecule has 26 heavy (non-hydrogen) atoms. The van der Waals surface area contributed by atoms with Crippen LogP contribution in [-0.2, 0) is 0 Å². The predicted octanol–water partition coefficient (Wildman–Crippen LogP) is 3.23. The third-order valence-electron chi connectivity index (χ3n) is 3.72. The first-order valence-electron chi connectivity index (χ1n) is 7.93. The monoisotopic (exact) mass is 350 g/mol. The molecule has 0 unspecified atom stereocenters. The number of carbonyl (C=O) groups is 2. The first kappa shape index (κ1) is 17.2. The number of aromatic amines is 1. The van der Waals surface area contributed by atoms with Crippen LogP contribution in [0.3, 0.4) is 0 Å². The van der Waals surface area contributed by atoms with E-state index in [0.29, 0.717) is 17.1 Å². The van der Waals surface area contributed by atoms with Crippen LogP contribution in [0.25, 0.3) is 0 Å². The number of anilines is 2. The minimum atomic E-state index is -0.492. The molecule has 0 saturated carbocycles. The Balaban J connectivity index is 1.75. The Morgan fingerprint density at radius 2 is 1.73 bits per heavy atom. The summed E-state index contributed by atoms with van der Waals surface area (Å²) in [6.45, 7) is 1.96. The van der Waals surface area contributed by atoms with Crippen molar-refractivity contribution in [1.82, 2.24) is 9.97 Å². The highest BCUT2D eigenvalue weighted by Gasteiger charge is 2.20. The van der Waals surface area contributed by atoms with E-state index in [2.05, 4.69) is 20.6 Å². The number of H-pyrrole nitrogens is 1. The summed E-state index contributed by atoms with van der Waals surface area (Å²) in [6.07, 6.45) is 1.31. The molecule has 7 heteroatoms. The maximum absolute atomic E-state index is 12.5. The van der Waals surface area contributed by atoms with E-state index in [1.165, 1.54) is 6.33 Å². The summed E-state index contributed by atoms with van der Waals surface area (Å²) in [5.41, 5.74) is 2.36. The van der Waals surface area contributed by atoms with Crippen molar-refractivity contribution in [2.45, 2.75) is 6.92 Å². The number of hydrogen-bond donors (Lipinski definition) is 3. The van der Waals surface area contributed by atoms with E-state index < -0.39 is 11.8 Å². The third kappa shape index (κ3) is 3.89. The average molecular weight is 350 g/mol. The van der Waals surface area contributed by atoms with Gasteiger partial charge in [-0.1, -0.05) is 23.8 Å². The van der Waals surface area contributed by atoms with E-state index in [9.17, 15) is 9.59 Å². The molecular formula is C19H18N4O3. The standard InChI is InChI=1S/C19H18N4O3/c1-12-6-8-13(9-7-12)22-18(24)16-17(21-11-20-16)19(25)23-14-4-3-5-15(10-14)26-2/h3-11H,1-2H3,(H,20,21)(H,22,24)(H,23,25). The number of aryl methyl sites for hydroxylation is 1. The largest absolute Gasteiger partial charge is 0.497 e. The van der Waals surface area contributed by atoms with Gasteiger partial charge in [0.05, 0.1) is 13.4 Å². The van der Waals surface area contributed by atoms with Crippen LogP contribution in [-0.4, -0.2) is 28.9 Å².